The molecule has 3 aromatic carbocycles. The zero-order chi connectivity index (χ0) is 23.5. The molecule has 10 heteroatoms. The number of carbonyl (C=O) groups excluding carboxylic acids is 3. The first-order valence-electron chi connectivity index (χ1n) is 9.56. The normalized spacial score (nSPS) is 10.6. The van der Waals surface area contributed by atoms with Gasteiger partial charge in [-0.05, 0) is 72.8 Å². The summed E-state index contributed by atoms with van der Waals surface area (Å²) in [5.41, 5.74) is 4.19. The second-order valence-corrected chi connectivity index (χ2v) is 9.20. The van der Waals surface area contributed by atoms with Crippen LogP contribution in [-0.4, -0.2) is 22.4 Å². The summed E-state index contributed by atoms with van der Waals surface area (Å²) >= 11 is 12.6. The molecule has 0 aliphatic heterocycles. The standard InChI is InChI=1S/C23H15Br2ClN4O3/c24-14-1-6-17(7-2-14)28-22(32)23(33)29-30-19-10-3-15(25)11-13(19)12-20(30)21(31)27-18-8-4-16(26)5-9-18/h1-12H,(H,27,31)(H,28,32)(H,29,33). The number of benzene rings is 3. The van der Waals surface area contributed by atoms with Crippen LogP contribution in [0.4, 0.5) is 11.4 Å². The molecule has 4 rings (SSSR count). The van der Waals surface area contributed by atoms with Gasteiger partial charge < -0.3 is 10.6 Å². The Morgan fingerprint density at radius 1 is 0.727 bits per heavy atom. The lowest BCUT2D eigenvalue weighted by atomic mass is 10.2. The lowest BCUT2D eigenvalue weighted by Crippen LogP contribution is -2.36. The zero-order valence-corrected chi connectivity index (χ0v) is 20.7. The summed E-state index contributed by atoms with van der Waals surface area (Å²) in [6, 6.07) is 20.3. The van der Waals surface area contributed by atoms with Crippen molar-refractivity contribution in [1.29, 1.82) is 0 Å². The SMILES string of the molecule is O=C(Nc1ccc(Br)cc1)C(=O)Nn1c(C(=O)Nc2ccc(Cl)cc2)cc2cc(Br)ccc21. The second-order valence-electron chi connectivity index (χ2n) is 6.93. The van der Waals surface area contributed by atoms with Crippen LogP contribution in [0.15, 0.2) is 81.7 Å². The van der Waals surface area contributed by atoms with Crippen molar-refractivity contribution in [3.05, 3.63) is 92.5 Å². The molecule has 0 aliphatic carbocycles. The molecule has 1 heterocycles. The number of nitrogens with zero attached hydrogens (tertiary/aromatic N) is 1. The minimum absolute atomic E-state index is 0.142. The van der Waals surface area contributed by atoms with Gasteiger partial charge in [0.2, 0.25) is 0 Å². The predicted molar refractivity (Wildman–Crippen MR) is 136 cm³/mol. The van der Waals surface area contributed by atoms with Gasteiger partial charge in [0.1, 0.15) is 5.69 Å². The Labute approximate surface area is 210 Å². The maximum Gasteiger partial charge on any atom is 0.328 e. The summed E-state index contributed by atoms with van der Waals surface area (Å²) in [7, 11) is 0. The van der Waals surface area contributed by atoms with Crippen LogP contribution in [0.3, 0.4) is 0 Å². The predicted octanol–water partition coefficient (Wildman–Crippen LogP) is 5.78. The summed E-state index contributed by atoms with van der Waals surface area (Å²) in [6.45, 7) is 0. The lowest BCUT2D eigenvalue weighted by Gasteiger charge is -2.13. The van der Waals surface area contributed by atoms with Gasteiger partial charge in [-0.1, -0.05) is 43.5 Å². The molecule has 0 aliphatic rings. The van der Waals surface area contributed by atoms with E-state index in [1.54, 1.807) is 72.8 Å². The first-order valence-corrected chi connectivity index (χ1v) is 11.5. The van der Waals surface area contributed by atoms with Crippen LogP contribution in [0.1, 0.15) is 10.5 Å². The van der Waals surface area contributed by atoms with Gasteiger partial charge in [-0.25, -0.2) is 4.68 Å². The molecule has 0 radical (unpaired) electrons. The van der Waals surface area contributed by atoms with Gasteiger partial charge in [-0.2, -0.15) is 0 Å². The van der Waals surface area contributed by atoms with E-state index < -0.39 is 17.7 Å². The van der Waals surface area contributed by atoms with Gasteiger partial charge in [0.05, 0.1) is 5.52 Å². The topological polar surface area (TPSA) is 92.2 Å². The van der Waals surface area contributed by atoms with Gasteiger partial charge in [0.25, 0.3) is 5.91 Å². The number of carbonyl (C=O) groups is 3. The minimum Gasteiger partial charge on any atom is -0.321 e. The average molecular weight is 591 g/mol. The number of anilines is 2. The molecule has 0 bridgehead atoms. The Bertz CT molecular complexity index is 1370. The van der Waals surface area contributed by atoms with Crippen LogP contribution in [0.25, 0.3) is 10.9 Å². The molecule has 0 unspecified atom stereocenters. The highest BCUT2D eigenvalue weighted by molar-refractivity contribution is 9.10. The highest BCUT2D eigenvalue weighted by Crippen LogP contribution is 2.24. The number of hydrogen-bond donors (Lipinski definition) is 3. The van der Waals surface area contributed by atoms with Gasteiger partial charge in [0.15, 0.2) is 0 Å². The summed E-state index contributed by atoms with van der Waals surface area (Å²) < 4.78 is 2.93. The molecule has 0 spiro atoms. The molecule has 4 aromatic rings. The number of aromatic nitrogens is 1. The number of fused-ring (bicyclic) bond motifs is 1. The Hall–Kier alpha value is -3.14. The average Bonchev–Trinajstić information content (AvgIpc) is 3.14. The Balaban J connectivity index is 1.61. The van der Waals surface area contributed by atoms with Gasteiger partial charge in [-0.15, -0.1) is 0 Å². The zero-order valence-electron chi connectivity index (χ0n) is 16.7. The number of halogens is 3. The van der Waals surface area contributed by atoms with E-state index in [0.29, 0.717) is 27.3 Å². The summed E-state index contributed by atoms with van der Waals surface area (Å²) in [6.07, 6.45) is 0. The second kappa shape index (κ2) is 9.78. The van der Waals surface area contributed by atoms with Crippen molar-refractivity contribution in [1.82, 2.24) is 4.68 Å². The smallest absolute Gasteiger partial charge is 0.321 e. The fraction of sp³-hybridized carbons (Fsp3) is 0. The lowest BCUT2D eigenvalue weighted by molar-refractivity contribution is -0.133. The summed E-state index contributed by atoms with van der Waals surface area (Å²) in [4.78, 5) is 38.1. The third kappa shape index (κ3) is 5.44. The highest BCUT2D eigenvalue weighted by Gasteiger charge is 2.21. The van der Waals surface area contributed by atoms with Crippen molar-refractivity contribution >= 4 is 83.5 Å². The van der Waals surface area contributed by atoms with Crippen LogP contribution >= 0.6 is 43.5 Å². The molecule has 3 N–H and O–H groups in total. The molecule has 1 aromatic heterocycles. The van der Waals surface area contributed by atoms with Gasteiger partial charge in [-0.3, -0.25) is 19.8 Å². The molecule has 33 heavy (non-hydrogen) atoms. The van der Waals surface area contributed by atoms with Crippen LogP contribution < -0.4 is 16.1 Å². The van der Waals surface area contributed by atoms with E-state index in [-0.39, 0.29) is 5.69 Å². The molecule has 3 amide bonds. The van der Waals surface area contributed by atoms with Crippen LogP contribution in [0, 0.1) is 0 Å². The van der Waals surface area contributed by atoms with Crippen molar-refractivity contribution in [2.45, 2.75) is 0 Å². The number of amides is 3. The van der Waals surface area contributed by atoms with E-state index >= 15 is 0 Å². The Morgan fingerprint density at radius 3 is 2.03 bits per heavy atom. The highest BCUT2D eigenvalue weighted by atomic mass is 79.9. The quantitative estimate of drug-likeness (QED) is 0.263. The first kappa shape index (κ1) is 23.0. The third-order valence-corrected chi connectivity index (χ3v) is 5.89. The molecule has 0 fully saturated rings. The molecule has 0 atom stereocenters. The third-order valence-electron chi connectivity index (χ3n) is 4.62. The molecular formula is C23H15Br2ClN4O3. The van der Waals surface area contributed by atoms with E-state index in [1.165, 1.54) is 4.68 Å². The Morgan fingerprint density at radius 2 is 1.33 bits per heavy atom. The minimum atomic E-state index is -0.932. The van der Waals surface area contributed by atoms with E-state index in [4.69, 9.17) is 11.6 Å². The molecular weight excluding hydrogens is 576 g/mol. The Kier molecular flexibility index (Phi) is 6.83. The van der Waals surface area contributed by atoms with Crippen LogP contribution in [0.5, 0.6) is 0 Å². The van der Waals surface area contributed by atoms with Crippen molar-refractivity contribution in [2.24, 2.45) is 0 Å². The van der Waals surface area contributed by atoms with E-state index in [2.05, 4.69) is 47.9 Å². The largest absolute Gasteiger partial charge is 0.328 e. The number of rotatable bonds is 4. The molecule has 0 saturated heterocycles. The fourth-order valence-electron chi connectivity index (χ4n) is 3.08. The number of nitrogens with one attached hydrogen (secondary N) is 3. The van der Waals surface area contributed by atoms with Crippen molar-refractivity contribution < 1.29 is 14.4 Å². The van der Waals surface area contributed by atoms with E-state index in [9.17, 15) is 14.4 Å². The molecule has 166 valence electrons. The fourth-order valence-corrected chi connectivity index (χ4v) is 3.84. The van der Waals surface area contributed by atoms with E-state index in [1.807, 2.05) is 0 Å². The monoisotopic (exact) mass is 588 g/mol. The van der Waals surface area contributed by atoms with Crippen molar-refractivity contribution in [2.75, 3.05) is 16.1 Å². The van der Waals surface area contributed by atoms with Crippen LogP contribution in [-0.2, 0) is 9.59 Å². The van der Waals surface area contributed by atoms with Gasteiger partial charge >= 0.3 is 11.8 Å². The summed E-state index contributed by atoms with van der Waals surface area (Å²) in [5, 5.41) is 6.52. The molecule has 0 saturated carbocycles. The van der Waals surface area contributed by atoms with Crippen molar-refractivity contribution in [3.8, 4) is 0 Å². The summed E-state index contributed by atoms with van der Waals surface area (Å²) in [5.74, 6) is -2.28. The molecule has 7 nitrogen and oxygen atoms in total. The van der Waals surface area contributed by atoms with E-state index in [0.717, 1.165) is 8.95 Å². The van der Waals surface area contributed by atoms with Crippen LogP contribution in [0.2, 0.25) is 5.02 Å². The van der Waals surface area contributed by atoms with Crippen molar-refractivity contribution in [3.63, 3.8) is 0 Å². The first-order chi connectivity index (χ1) is 15.8. The maximum absolute atomic E-state index is 13.0. The number of hydrogen-bond acceptors (Lipinski definition) is 3. The van der Waals surface area contributed by atoms with Gasteiger partial charge in [0, 0.05) is 30.7 Å². The maximum atomic E-state index is 13.0.